The molecule has 1 aromatic carbocycles. The van der Waals surface area contributed by atoms with Gasteiger partial charge in [0.05, 0.1) is 12.8 Å². The number of benzene rings is 1. The van der Waals surface area contributed by atoms with E-state index in [1.165, 1.54) is 10.6 Å². The minimum atomic E-state index is -3.19. The molecule has 0 saturated carbocycles. The summed E-state index contributed by atoms with van der Waals surface area (Å²) in [5.74, 6) is -0.0310. The molecule has 1 fully saturated rings. The summed E-state index contributed by atoms with van der Waals surface area (Å²) in [5, 5.41) is 2.91. The van der Waals surface area contributed by atoms with Crippen LogP contribution in [0.15, 0.2) is 30.3 Å². The second kappa shape index (κ2) is 7.90. The van der Waals surface area contributed by atoms with E-state index in [0.29, 0.717) is 19.6 Å². The van der Waals surface area contributed by atoms with Crippen molar-refractivity contribution in [3.8, 4) is 0 Å². The van der Waals surface area contributed by atoms with Gasteiger partial charge < -0.3 is 5.32 Å². The Kier molecular flexibility index (Phi) is 6.15. The number of amides is 1. The lowest BCUT2D eigenvalue weighted by Crippen LogP contribution is -2.50. The molecule has 0 bridgehead atoms. The highest BCUT2D eigenvalue weighted by molar-refractivity contribution is 7.88. The number of carbonyl (C=O) groups excluding carboxylic acids is 1. The van der Waals surface area contributed by atoms with E-state index >= 15 is 0 Å². The monoisotopic (exact) mass is 339 g/mol. The Labute approximate surface area is 138 Å². The van der Waals surface area contributed by atoms with E-state index in [1.54, 1.807) is 7.05 Å². The molecule has 1 aliphatic rings. The molecule has 1 N–H and O–H groups in total. The van der Waals surface area contributed by atoms with Gasteiger partial charge in [-0.15, -0.1) is 0 Å². The molecule has 0 aliphatic carbocycles. The van der Waals surface area contributed by atoms with Gasteiger partial charge in [0.2, 0.25) is 15.9 Å². The van der Waals surface area contributed by atoms with Crippen LogP contribution in [0.25, 0.3) is 0 Å². The van der Waals surface area contributed by atoms with Crippen molar-refractivity contribution in [2.24, 2.45) is 0 Å². The number of piperidine rings is 1. The summed E-state index contributed by atoms with van der Waals surface area (Å²) < 4.78 is 24.7. The van der Waals surface area contributed by atoms with Crippen LogP contribution in [-0.2, 0) is 21.4 Å². The van der Waals surface area contributed by atoms with Gasteiger partial charge in [0, 0.05) is 26.2 Å². The fourth-order valence-corrected chi connectivity index (χ4v) is 3.51. The lowest BCUT2D eigenvalue weighted by Gasteiger charge is -2.36. The lowest BCUT2D eigenvalue weighted by atomic mass is 10.1. The smallest absolute Gasteiger partial charge is 0.234 e. The molecule has 0 spiro atoms. The highest BCUT2D eigenvalue weighted by Crippen LogP contribution is 2.16. The van der Waals surface area contributed by atoms with Gasteiger partial charge in [-0.05, 0) is 24.9 Å². The molecule has 1 unspecified atom stereocenters. The quantitative estimate of drug-likeness (QED) is 0.827. The van der Waals surface area contributed by atoms with Crippen LogP contribution in [0.4, 0.5) is 0 Å². The standard InChI is InChI=1S/C16H25N3O3S/c1-18(23(2,21)22)15-9-6-10-19(12-15)13-16(20)17-11-14-7-4-3-5-8-14/h3-5,7-8,15H,6,9-13H2,1-2H3,(H,17,20). The molecular weight excluding hydrogens is 314 g/mol. The van der Waals surface area contributed by atoms with Gasteiger partial charge in [0.15, 0.2) is 0 Å². The number of likely N-dealkylation sites (N-methyl/N-ethyl adjacent to an activating group) is 1. The third-order valence-electron chi connectivity index (χ3n) is 4.22. The summed E-state index contributed by atoms with van der Waals surface area (Å²) in [5.41, 5.74) is 1.06. The first kappa shape index (κ1) is 17.9. The van der Waals surface area contributed by atoms with Crippen molar-refractivity contribution in [2.45, 2.75) is 25.4 Å². The zero-order chi connectivity index (χ0) is 16.9. The number of hydrogen-bond donors (Lipinski definition) is 1. The van der Waals surface area contributed by atoms with Crippen molar-refractivity contribution in [1.82, 2.24) is 14.5 Å². The van der Waals surface area contributed by atoms with Crippen LogP contribution in [0.1, 0.15) is 18.4 Å². The number of carbonyl (C=O) groups is 1. The Morgan fingerprint density at radius 1 is 1.35 bits per heavy atom. The Bertz CT molecular complexity index is 619. The Balaban J connectivity index is 1.81. The van der Waals surface area contributed by atoms with E-state index in [0.717, 1.165) is 24.9 Å². The summed E-state index contributed by atoms with van der Waals surface area (Å²) in [6.07, 6.45) is 2.96. The van der Waals surface area contributed by atoms with Crippen molar-refractivity contribution in [3.63, 3.8) is 0 Å². The molecule has 128 valence electrons. The van der Waals surface area contributed by atoms with Gasteiger partial charge in [0.25, 0.3) is 0 Å². The first-order valence-electron chi connectivity index (χ1n) is 7.82. The van der Waals surface area contributed by atoms with E-state index < -0.39 is 10.0 Å². The number of nitrogens with zero attached hydrogens (tertiary/aromatic N) is 2. The minimum Gasteiger partial charge on any atom is -0.351 e. The maximum atomic E-state index is 12.1. The Hall–Kier alpha value is -1.44. The van der Waals surface area contributed by atoms with Crippen molar-refractivity contribution < 1.29 is 13.2 Å². The van der Waals surface area contributed by atoms with Crippen molar-refractivity contribution >= 4 is 15.9 Å². The first-order valence-corrected chi connectivity index (χ1v) is 9.67. The van der Waals surface area contributed by atoms with E-state index in [1.807, 2.05) is 35.2 Å². The molecule has 1 aromatic rings. The number of sulfonamides is 1. The molecule has 0 radical (unpaired) electrons. The van der Waals surface area contributed by atoms with Crippen molar-refractivity contribution in [3.05, 3.63) is 35.9 Å². The molecule has 1 heterocycles. The number of hydrogen-bond acceptors (Lipinski definition) is 4. The summed E-state index contributed by atoms with van der Waals surface area (Å²) in [6.45, 7) is 2.25. The largest absolute Gasteiger partial charge is 0.351 e. The fraction of sp³-hybridized carbons (Fsp3) is 0.562. The van der Waals surface area contributed by atoms with Gasteiger partial charge in [-0.1, -0.05) is 30.3 Å². The average molecular weight is 339 g/mol. The molecule has 2 rings (SSSR count). The van der Waals surface area contributed by atoms with Gasteiger partial charge in [-0.2, -0.15) is 0 Å². The summed E-state index contributed by atoms with van der Waals surface area (Å²) >= 11 is 0. The van der Waals surface area contributed by atoms with E-state index in [-0.39, 0.29) is 11.9 Å². The molecule has 0 aromatic heterocycles. The van der Waals surface area contributed by atoms with Gasteiger partial charge in [0.1, 0.15) is 0 Å². The predicted octanol–water partition coefficient (Wildman–Crippen LogP) is 0.659. The highest BCUT2D eigenvalue weighted by atomic mass is 32.2. The summed E-state index contributed by atoms with van der Waals surface area (Å²) in [4.78, 5) is 14.1. The van der Waals surface area contributed by atoms with Crippen molar-refractivity contribution in [2.75, 3.05) is 32.9 Å². The Morgan fingerprint density at radius 3 is 2.70 bits per heavy atom. The average Bonchev–Trinajstić information content (AvgIpc) is 2.52. The number of nitrogens with one attached hydrogen (secondary N) is 1. The SMILES string of the molecule is CN(C1CCCN(CC(=O)NCc2ccccc2)C1)S(C)(=O)=O. The molecule has 1 aliphatic heterocycles. The van der Waals surface area contributed by atoms with E-state index in [9.17, 15) is 13.2 Å². The Morgan fingerprint density at radius 2 is 2.04 bits per heavy atom. The van der Waals surface area contributed by atoms with Gasteiger partial charge in [-0.3, -0.25) is 9.69 Å². The molecule has 6 nitrogen and oxygen atoms in total. The third kappa shape index (κ3) is 5.60. The molecule has 7 heteroatoms. The summed E-state index contributed by atoms with van der Waals surface area (Å²) in [7, 11) is -1.58. The second-order valence-corrected chi connectivity index (χ2v) is 8.11. The van der Waals surface area contributed by atoms with Crippen LogP contribution in [0, 0.1) is 0 Å². The van der Waals surface area contributed by atoms with Gasteiger partial charge in [-0.25, -0.2) is 12.7 Å². The van der Waals surface area contributed by atoms with Crippen LogP contribution in [0.3, 0.4) is 0 Å². The maximum absolute atomic E-state index is 12.1. The molecule has 23 heavy (non-hydrogen) atoms. The van der Waals surface area contributed by atoms with Crippen LogP contribution in [0.2, 0.25) is 0 Å². The minimum absolute atomic E-state index is 0.0310. The van der Waals surface area contributed by atoms with Crippen LogP contribution in [0.5, 0.6) is 0 Å². The predicted molar refractivity (Wildman–Crippen MR) is 90.4 cm³/mol. The van der Waals surface area contributed by atoms with Gasteiger partial charge >= 0.3 is 0 Å². The van der Waals surface area contributed by atoms with E-state index in [2.05, 4.69) is 5.32 Å². The topological polar surface area (TPSA) is 69.7 Å². The van der Waals surface area contributed by atoms with Crippen LogP contribution >= 0.6 is 0 Å². The number of likely N-dealkylation sites (tertiary alicyclic amines) is 1. The van der Waals surface area contributed by atoms with Crippen molar-refractivity contribution in [1.29, 1.82) is 0 Å². The summed E-state index contributed by atoms with van der Waals surface area (Å²) in [6, 6.07) is 9.71. The molecule has 1 atom stereocenters. The number of rotatable bonds is 6. The lowest BCUT2D eigenvalue weighted by molar-refractivity contribution is -0.122. The zero-order valence-electron chi connectivity index (χ0n) is 13.7. The zero-order valence-corrected chi connectivity index (χ0v) is 14.6. The fourth-order valence-electron chi connectivity index (χ4n) is 2.80. The molecule has 1 amide bonds. The molecular formula is C16H25N3O3S. The second-order valence-electron chi connectivity index (χ2n) is 6.07. The molecule has 1 saturated heterocycles. The maximum Gasteiger partial charge on any atom is 0.234 e. The third-order valence-corrected chi connectivity index (χ3v) is 5.56. The van der Waals surface area contributed by atoms with Crippen LogP contribution < -0.4 is 5.32 Å². The highest BCUT2D eigenvalue weighted by Gasteiger charge is 2.28. The first-order chi connectivity index (χ1) is 10.9. The van der Waals surface area contributed by atoms with Crippen LogP contribution in [-0.4, -0.2) is 62.5 Å². The normalized spacial score (nSPS) is 19.7. The van der Waals surface area contributed by atoms with E-state index in [4.69, 9.17) is 0 Å².